The summed E-state index contributed by atoms with van der Waals surface area (Å²) in [6, 6.07) is -1.43. The minimum atomic E-state index is -4.65. The van der Waals surface area contributed by atoms with Crippen molar-refractivity contribution in [2.75, 3.05) is 26.6 Å². The molecule has 0 aliphatic rings. The van der Waals surface area contributed by atoms with Gasteiger partial charge in [-0.15, -0.1) is 4.41 Å². The first-order chi connectivity index (χ1) is 8.18. The second kappa shape index (κ2) is 5.58. The van der Waals surface area contributed by atoms with E-state index >= 15 is 0 Å². The third-order valence-electron chi connectivity index (χ3n) is 1.78. The molecule has 0 rings (SSSR count). The van der Waals surface area contributed by atoms with E-state index in [9.17, 15) is 30.0 Å². The van der Waals surface area contributed by atoms with Crippen molar-refractivity contribution in [2.45, 2.75) is 0 Å². The fourth-order valence-electron chi connectivity index (χ4n) is 0.608. The van der Waals surface area contributed by atoms with Crippen LogP contribution in [0.15, 0.2) is 0 Å². The van der Waals surface area contributed by atoms with Crippen molar-refractivity contribution in [1.29, 1.82) is 0 Å². The molecule has 0 aromatic rings. The molecule has 2 N–H and O–H groups in total. The highest BCUT2D eigenvalue weighted by molar-refractivity contribution is 8.03. The van der Waals surface area contributed by atoms with Gasteiger partial charge in [0.1, 0.15) is 0 Å². The minimum Gasteiger partial charge on any atom is -0.256 e. The van der Waals surface area contributed by atoms with Crippen molar-refractivity contribution in [3.63, 3.8) is 0 Å². The van der Waals surface area contributed by atoms with Gasteiger partial charge in [-0.3, -0.25) is 5.43 Å². The summed E-state index contributed by atoms with van der Waals surface area (Å²) in [4.78, 5) is 11.2. The molecular weight excluding hydrogens is 324 g/mol. The molecule has 0 fully saturated rings. The summed E-state index contributed by atoms with van der Waals surface area (Å²) >= 11 is 0. The van der Waals surface area contributed by atoms with E-state index in [4.69, 9.17) is 0 Å². The maximum absolute atomic E-state index is 11.4. The largest absolute Gasteiger partial charge is 0.344 e. The average Bonchev–Trinajstić information content (AvgIpc) is 2.12. The molecule has 114 valence electrons. The van der Waals surface area contributed by atoms with E-state index in [1.54, 1.807) is 5.43 Å². The lowest BCUT2D eigenvalue weighted by molar-refractivity contribution is 0.230. The van der Waals surface area contributed by atoms with Gasteiger partial charge in [0.15, 0.2) is 0 Å². The average molecular weight is 338 g/mol. The topological polar surface area (TPSA) is 150 Å². The van der Waals surface area contributed by atoms with E-state index in [-0.39, 0.29) is 3.71 Å². The summed E-state index contributed by atoms with van der Waals surface area (Å²) in [5.74, 6) is 0. The molecule has 0 aliphatic heterocycles. The molecule has 0 aliphatic carbocycles. The van der Waals surface area contributed by atoms with Gasteiger partial charge in [0, 0.05) is 14.1 Å². The molecule has 0 radical (unpaired) electrons. The molecule has 0 saturated heterocycles. The second-order valence-corrected chi connectivity index (χ2v) is 9.38. The molecule has 0 bridgehead atoms. The van der Waals surface area contributed by atoms with Crippen LogP contribution in [0.5, 0.6) is 0 Å². The predicted octanol–water partition coefficient (Wildman–Crippen LogP) is -2.77. The molecular formula is C5H14N4O7S3. The number of nitrogens with one attached hydrogen (secondary N) is 2. The molecule has 0 aromatic carbocycles. The molecule has 11 nitrogen and oxygen atoms in total. The van der Waals surface area contributed by atoms with Gasteiger partial charge < -0.3 is 0 Å². The Labute approximate surface area is 111 Å². The van der Waals surface area contributed by atoms with Crippen LogP contribution in [0.25, 0.3) is 0 Å². The standard InChI is InChI=1S/C5H14N4O7S3/c1-8(17(3,11)12)6-5(10)7-19(15,16)9(2)18(4,13)14/h1-4H3,(H2,6,7,10). The quantitative estimate of drug-likeness (QED) is 0.515. The first-order valence-electron chi connectivity index (χ1n) is 4.39. The Morgan fingerprint density at radius 2 is 1.32 bits per heavy atom. The first kappa shape index (κ1) is 18.0. The Hall–Kier alpha value is -0.960. The lowest BCUT2D eigenvalue weighted by atomic mass is 11.1. The number of carbonyl (C=O) groups excluding carboxylic acids is 1. The Balaban J connectivity index is 4.94. The molecule has 2 amide bonds. The summed E-state index contributed by atoms with van der Waals surface area (Å²) in [6.07, 6.45) is 1.39. The Morgan fingerprint density at radius 3 is 1.63 bits per heavy atom. The molecule has 0 atom stereocenters. The minimum absolute atomic E-state index is 0.0694. The van der Waals surface area contributed by atoms with Crippen molar-refractivity contribution in [3.8, 4) is 0 Å². The van der Waals surface area contributed by atoms with Crippen LogP contribution >= 0.6 is 0 Å². The molecule has 0 aromatic heterocycles. The summed E-state index contributed by atoms with van der Waals surface area (Å²) in [7, 11) is -10.8. The van der Waals surface area contributed by atoms with Gasteiger partial charge in [0.05, 0.1) is 12.5 Å². The zero-order valence-corrected chi connectivity index (χ0v) is 12.9. The fourth-order valence-corrected chi connectivity index (χ4v) is 2.80. The van der Waals surface area contributed by atoms with E-state index in [1.807, 2.05) is 0 Å². The van der Waals surface area contributed by atoms with E-state index in [1.165, 1.54) is 4.72 Å². The van der Waals surface area contributed by atoms with Gasteiger partial charge in [-0.05, 0) is 0 Å². The fraction of sp³-hybridized carbons (Fsp3) is 0.800. The summed E-state index contributed by atoms with van der Waals surface area (Å²) < 4.78 is 68.4. The maximum atomic E-state index is 11.4. The number of hydrogen-bond acceptors (Lipinski definition) is 7. The summed E-state index contributed by atoms with van der Waals surface area (Å²) in [5.41, 5.74) is 1.68. The van der Waals surface area contributed by atoms with Gasteiger partial charge in [-0.25, -0.2) is 26.4 Å². The number of urea groups is 1. The SMILES string of the molecule is CN(NC(=O)NS(=O)(=O)N(C)S(C)(=O)=O)S(C)(=O)=O. The first-order valence-corrected chi connectivity index (χ1v) is 9.53. The smallest absolute Gasteiger partial charge is 0.256 e. The zero-order chi connectivity index (χ0) is 15.6. The zero-order valence-electron chi connectivity index (χ0n) is 10.5. The van der Waals surface area contributed by atoms with E-state index in [0.717, 1.165) is 13.3 Å². The van der Waals surface area contributed by atoms with E-state index < -0.39 is 36.3 Å². The van der Waals surface area contributed by atoms with Gasteiger partial charge in [-0.2, -0.15) is 8.42 Å². The van der Waals surface area contributed by atoms with Crippen molar-refractivity contribution in [3.05, 3.63) is 0 Å². The number of carbonyl (C=O) groups is 1. The summed E-state index contributed by atoms with van der Waals surface area (Å²) in [5, 5.41) is 0. The number of hydrogen-bond donors (Lipinski definition) is 2. The normalized spacial score (nSPS) is 13.6. The lowest BCUT2D eigenvalue weighted by Crippen LogP contribution is -2.52. The van der Waals surface area contributed by atoms with Gasteiger partial charge in [-0.1, -0.05) is 3.71 Å². The number of amides is 2. The van der Waals surface area contributed by atoms with Crippen molar-refractivity contribution in [2.24, 2.45) is 0 Å². The van der Waals surface area contributed by atoms with Crippen LogP contribution in [0.4, 0.5) is 4.79 Å². The van der Waals surface area contributed by atoms with Gasteiger partial charge in [0.2, 0.25) is 20.0 Å². The third-order valence-corrected chi connectivity index (χ3v) is 6.33. The Kier molecular flexibility index (Phi) is 5.29. The van der Waals surface area contributed by atoms with Gasteiger partial charge in [0.25, 0.3) is 0 Å². The van der Waals surface area contributed by atoms with Crippen LogP contribution in [0.3, 0.4) is 0 Å². The second-order valence-electron chi connectivity index (χ2n) is 3.42. The molecule has 0 heterocycles. The Bertz CT molecular complexity index is 649. The molecule has 0 unspecified atom stereocenters. The van der Waals surface area contributed by atoms with Crippen LogP contribution < -0.4 is 10.1 Å². The van der Waals surface area contributed by atoms with Crippen LogP contribution in [-0.4, -0.2) is 66.0 Å². The van der Waals surface area contributed by atoms with E-state index in [2.05, 4.69) is 0 Å². The van der Waals surface area contributed by atoms with Crippen LogP contribution in [0, 0.1) is 0 Å². The van der Waals surface area contributed by atoms with Crippen molar-refractivity contribution < 1.29 is 30.0 Å². The predicted molar refractivity (Wildman–Crippen MR) is 65.8 cm³/mol. The molecule has 0 saturated carbocycles. The van der Waals surface area contributed by atoms with Crippen LogP contribution in [-0.2, 0) is 30.3 Å². The third kappa shape index (κ3) is 5.68. The maximum Gasteiger partial charge on any atom is 0.344 e. The highest BCUT2D eigenvalue weighted by Gasteiger charge is 2.28. The highest BCUT2D eigenvalue weighted by atomic mass is 32.3. The van der Waals surface area contributed by atoms with E-state index in [0.29, 0.717) is 17.7 Å². The number of nitrogens with zero attached hydrogens (tertiary/aromatic N) is 2. The molecule has 19 heavy (non-hydrogen) atoms. The summed E-state index contributed by atoms with van der Waals surface area (Å²) in [6.45, 7) is 0. The number of hydrazine groups is 1. The number of sulfonamides is 2. The van der Waals surface area contributed by atoms with Crippen molar-refractivity contribution in [1.82, 2.24) is 18.3 Å². The van der Waals surface area contributed by atoms with Gasteiger partial charge >= 0.3 is 16.2 Å². The van der Waals surface area contributed by atoms with Crippen LogP contribution in [0.2, 0.25) is 0 Å². The number of rotatable bonds is 5. The lowest BCUT2D eigenvalue weighted by Gasteiger charge is -2.18. The van der Waals surface area contributed by atoms with Crippen LogP contribution in [0.1, 0.15) is 0 Å². The highest BCUT2D eigenvalue weighted by Crippen LogP contribution is 2.00. The molecule has 14 heteroatoms. The monoisotopic (exact) mass is 338 g/mol. The Morgan fingerprint density at radius 1 is 0.895 bits per heavy atom. The van der Waals surface area contributed by atoms with Crippen molar-refractivity contribution >= 4 is 36.3 Å². The molecule has 0 spiro atoms.